The molecular weight excluding hydrogens is 268 g/mol. The smallest absolute Gasteiger partial charge is 0.195 e. The number of hydrogen-bond donors (Lipinski definition) is 2. The summed E-state index contributed by atoms with van der Waals surface area (Å²) >= 11 is 11.0. The third-order valence-corrected chi connectivity index (χ3v) is 3.04. The standard InChI is InChI=1S/C12H13ClN4S/c1-12(2)10(15-11(18)16-12)17-14-7-8-5-3-4-6-9(8)13/h3-7H,1-2H3,(H2,15,16,17,18)/b14-7+. The molecule has 1 aromatic rings. The number of aliphatic imine (C=N–C) groups is 1. The molecule has 2 rings (SSSR count). The summed E-state index contributed by atoms with van der Waals surface area (Å²) in [5.41, 5.74) is 3.41. The molecule has 2 N–H and O–H groups in total. The van der Waals surface area contributed by atoms with Crippen molar-refractivity contribution < 1.29 is 0 Å². The van der Waals surface area contributed by atoms with Crippen molar-refractivity contribution in [2.45, 2.75) is 19.4 Å². The van der Waals surface area contributed by atoms with E-state index in [9.17, 15) is 0 Å². The van der Waals surface area contributed by atoms with Gasteiger partial charge >= 0.3 is 0 Å². The van der Waals surface area contributed by atoms with Crippen LogP contribution < -0.4 is 10.7 Å². The topological polar surface area (TPSA) is 48.8 Å². The fourth-order valence-electron chi connectivity index (χ4n) is 1.50. The number of amidine groups is 1. The maximum Gasteiger partial charge on any atom is 0.195 e. The Morgan fingerprint density at radius 2 is 2.17 bits per heavy atom. The summed E-state index contributed by atoms with van der Waals surface area (Å²) in [6.45, 7) is 3.95. The van der Waals surface area contributed by atoms with Crippen molar-refractivity contribution in [2.75, 3.05) is 0 Å². The van der Waals surface area contributed by atoms with Crippen LogP contribution in [0.2, 0.25) is 5.02 Å². The highest BCUT2D eigenvalue weighted by molar-refractivity contribution is 7.80. The van der Waals surface area contributed by atoms with Crippen molar-refractivity contribution in [3.8, 4) is 0 Å². The second kappa shape index (κ2) is 5.04. The molecular formula is C12H13ClN4S. The number of nitrogens with one attached hydrogen (secondary N) is 2. The first-order chi connectivity index (χ1) is 8.49. The number of thiocarbonyl (C=S) groups is 1. The Labute approximate surface area is 116 Å². The highest BCUT2D eigenvalue weighted by atomic mass is 35.5. The average molecular weight is 281 g/mol. The van der Waals surface area contributed by atoms with Crippen molar-refractivity contribution >= 4 is 41.0 Å². The fourth-order valence-corrected chi connectivity index (χ4v) is 2.03. The Bertz CT molecular complexity index is 537. The van der Waals surface area contributed by atoms with Gasteiger partial charge in [0.15, 0.2) is 10.9 Å². The highest BCUT2D eigenvalue weighted by Gasteiger charge is 2.31. The minimum atomic E-state index is -0.324. The van der Waals surface area contributed by atoms with Gasteiger partial charge in [0, 0.05) is 10.6 Å². The zero-order chi connectivity index (χ0) is 13.2. The largest absolute Gasteiger partial charge is 0.349 e. The van der Waals surface area contributed by atoms with Gasteiger partial charge in [-0.15, -0.1) is 0 Å². The minimum Gasteiger partial charge on any atom is -0.349 e. The second-order valence-corrected chi connectivity index (χ2v) is 5.20. The number of nitrogens with zero attached hydrogens (tertiary/aromatic N) is 2. The van der Waals surface area contributed by atoms with Gasteiger partial charge in [0.1, 0.15) is 0 Å². The van der Waals surface area contributed by atoms with E-state index in [2.05, 4.69) is 20.8 Å². The number of halogens is 1. The maximum absolute atomic E-state index is 6.02. The number of hydrazone groups is 1. The lowest BCUT2D eigenvalue weighted by Crippen LogP contribution is -2.46. The molecule has 6 heteroatoms. The molecule has 0 aromatic heterocycles. The monoisotopic (exact) mass is 280 g/mol. The number of benzene rings is 1. The van der Waals surface area contributed by atoms with Gasteiger partial charge in [-0.3, -0.25) is 5.43 Å². The van der Waals surface area contributed by atoms with Gasteiger partial charge in [-0.1, -0.05) is 29.8 Å². The summed E-state index contributed by atoms with van der Waals surface area (Å²) in [5.74, 6) is 0.691. The van der Waals surface area contributed by atoms with Crippen LogP contribution in [0.3, 0.4) is 0 Å². The van der Waals surface area contributed by atoms with Crippen molar-refractivity contribution in [3.05, 3.63) is 34.9 Å². The van der Waals surface area contributed by atoms with Gasteiger partial charge < -0.3 is 5.32 Å². The molecule has 0 atom stereocenters. The zero-order valence-electron chi connectivity index (χ0n) is 10.1. The molecule has 1 aromatic carbocycles. The van der Waals surface area contributed by atoms with Crippen molar-refractivity contribution in [2.24, 2.45) is 10.1 Å². The third kappa shape index (κ3) is 2.86. The summed E-state index contributed by atoms with van der Waals surface area (Å²) in [6.07, 6.45) is 1.66. The molecule has 0 fully saturated rings. The van der Waals surface area contributed by atoms with E-state index in [1.54, 1.807) is 6.21 Å². The van der Waals surface area contributed by atoms with Gasteiger partial charge in [-0.2, -0.15) is 5.10 Å². The average Bonchev–Trinajstić information content (AvgIpc) is 2.54. The van der Waals surface area contributed by atoms with Crippen LogP contribution in [0.1, 0.15) is 19.4 Å². The van der Waals surface area contributed by atoms with E-state index < -0.39 is 0 Å². The molecule has 4 nitrogen and oxygen atoms in total. The van der Waals surface area contributed by atoms with E-state index in [4.69, 9.17) is 23.8 Å². The van der Waals surface area contributed by atoms with E-state index in [0.29, 0.717) is 16.0 Å². The first-order valence-electron chi connectivity index (χ1n) is 5.44. The first kappa shape index (κ1) is 13.0. The molecule has 0 saturated heterocycles. The predicted molar refractivity (Wildman–Crippen MR) is 79.4 cm³/mol. The highest BCUT2D eigenvalue weighted by Crippen LogP contribution is 2.13. The molecule has 1 heterocycles. The molecule has 0 spiro atoms. The van der Waals surface area contributed by atoms with Crippen LogP contribution >= 0.6 is 23.8 Å². The fraction of sp³-hybridized carbons (Fsp3) is 0.250. The lowest BCUT2D eigenvalue weighted by molar-refractivity contribution is 0.618. The summed E-state index contributed by atoms with van der Waals surface area (Å²) in [4.78, 5) is 4.17. The van der Waals surface area contributed by atoms with Crippen molar-refractivity contribution in [3.63, 3.8) is 0 Å². The van der Waals surface area contributed by atoms with Gasteiger partial charge in [-0.05, 0) is 32.1 Å². The van der Waals surface area contributed by atoms with Crippen LogP contribution in [-0.4, -0.2) is 22.7 Å². The van der Waals surface area contributed by atoms with E-state index in [1.807, 2.05) is 38.1 Å². The van der Waals surface area contributed by atoms with Gasteiger partial charge in [0.25, 0.3) is 0 Å². The normalized spacial score (nSPS) is 17.7. The van der Waals surface area contributed by atoms with Gasteiger partial charge in [0.05, 0.1) is 11.8 Å². The molecule has 0 bridgehead atoms. The van der Waals surface area contributed by atoms with Crippen LogP contribution in [0, 0.1) is 0 Å². The Balaban J connectivity index is 2.07. The SMILES string of the molecule is CC1(C)NC(=S)N=C1N/N=C/c1ccccc1Cl. The van der Waals surface area contributed by atoms with Crippen molar-refractivity contribution in [1.29, 1.82) is 0 Å². The third-order valence-electron chi connectivity index (χ3n) is 2.50. The lowest BCUT2D eigenvalue weighted by atomic mass is 10.1. The summed E-state index contributed by atoms with van der Waals surface area (Å²) in [6, 6.07) is 7.48. The molecule has 0 unspecified atom stereocenters. The van der Waals surface area contributed by atoms with Gasteiger partial charge in [0.2, 0.25) is 0 Å². The maximum atomic E-state index is 6.02. The van der Waals surface area contributed by atoms with Crippen LogP contribution in [-0.2, 0) is 0 Å². The van der Waals surface area contributed by atoms with E-state index in [-0.39, 0.29) is 5.54 Å². The minimum absolute atomic E-state index is 0.324. The van der Waals surface area contributed by atoms with Gasteiger partial charge in [-0.25, -0.2) is 4.99 Å². The molecule has 94 valence electrons. The van der Waals surface area contributed by atoms with E-state index >= 15 is 0 Å². The number of rotatable bonds is 2. The molecule has 1 aliphatic heterocycles. The predicted octanol–water partition coefficient (Wildman–Crippen LogP) is 2.33. The molecule has 0 amide bonds. The first-order valence-corrected chi connectivity index (χ1v) is 6.22. The molecule has 18 heavy (non-hydrogen) atoms. The second-order valence-electron chi connectivity index (χ2n) is 4.41. The Morgan fingerprint density at radius 1 is 1.44 bits per heavy atom. The molecule has 0 saturated carbocycles. The zero-order valence-corrected chi connectivity index (χ0v) is 11.6. The van der Waals surface area contributed by atoms with E-state index in [1.165, 1.54) is 0 Å². The molecule has 0 radical (unpaired) electrons. The molecule has 1 aliphatic rings. The summed E-state index contributed by atoms with van der Waals surface area (Å²) in [5, 5.41) is 8.32. The lowest BCUT2D eigenvalue weighted by Gasteiger charge is -2.19. The molecule has 0 aliphatic carbocycles. The van der Waals surface area contributed by atoms with Crippen LogP contribution in [0.5, 0.6) is 0 Å². The van der Waals surface area contributed by atoms with Crippen LogP contribution in [0.25, 0.3) is 0 Å². The van der Waals surface area contributed by atoms with E-state index in [0.717, 1.165) is 5.56 Å². The Kier molecular flexibility index (Phi) is 3.63. The Hall–Kier alpha value is -1.46. The number of hydrogen-bond acceptors (Lipinski definition) is 3. The summed E-state index contributed by atoms with van der Waals surface area (Å²) < 4.78 is 0. The Morgan fingerprint density at radius 3 is 2.78 bits per heavy atom. The summed E-state index contributed by atoms with van der Waals surface area (Å²) in [7, 11) is 0. The quantitative estimate of drug-likeness (QED) is 0.497. The van der Waals surface area contributed by atoms with Crippen molar-refractivity contribution in [1.82, 2.24) is 10.7 Å². The van der Waals surface area contributed by atoms with Crippen LogP contribution in [0.4, 0.5) is 0 Å². The van der Waals surface area contributed by atoms with Crippen LogP contribution in [0.15, 0.2) is 34.4 Å².